The van der Waals surface area contributed by atoms with Gasteiger partial charge in [-0.25, -0.2) is 8.42 Å². The van der Waals surface area contributed by atoms with Gasteiger partial charge in [-0.1, -0.05) is 36.2 Å². The fourth-order valence-electron chi connectivity index (χ4n) is 3.80. The monoisotopic (exact) mass is 441 g/mol. The number of carbonyl (C=O) groups is 2. The van der Waals surface area contributed by atoms with Gasteiger partial charge in [0.1, 0.15) is 6.04 Å². The van der Waals surface area contributed by atoms with Crippen molar-refractivity contribution in [1.82, 2.24) is 9.62 Å². The van der Waals surface area contributed by atoms with Crippen molar-refractivity contribution < 1.29 is 18.0 Å². The summed E-state index contributed by atoms with van der Waals surface area (Å²) in [4.78, 5) is 25.9. The van der Waals surface area contributed by atoms with Gasteiger partial charge < -0.3 is 10.6 Å². The number of nitrogens with one attached hydrogen (secondary N) is 2. The van der Waals surface area contributed by atoms with E-state index in [1.54, 1.807) is 48.5 Å². The minimum absolute atomic E-state index is 0.182. The van der Waals surface area contributed by atoms with Crippen LogP contribution in [-0.2, 0) is 14.8 Å². The van der Waals surface area contributed by atoms with Gasteiger partial charge in [-0.2, -0.15) is 4.31 Å². The third-order valence-corrected chi connectivity index (χ3v) is 7.65. The maximum absolute atomic E-state index is 13.3. The number of amides is 2. The van der Waals surface area contributed by atoms with E-state index in [4.69, 9.17) is 0 Å². The van der Waals surface area contributed by atoms with Crippen molar-refractivity contribution in [3.05, 3.63) is 59.7 Å². The molecule has 0 bridgehead atoms. The van der Waals surface area contributed by atoms with Gasteiger partial charge in [-0.05, 0) is 56.9 Å². The minimum atomic E-state index is -3.81. The number of carbonyl (C=O) groups excluding carboxylic acids is 2. The normalized spacial score (nSPS) is 19.6. The van der Waals surface area contributed by atoms with Crippen molar-refractivity contribution in [1.29, 1.82) is 0 Å². The number of aryl methyl sites for hydroxylation is 1. The van der Waals surface area contributed by atoms with Gasteiger partial charge in [-0.15, -0.1) is 0 Å². The molecule has 2 fully saturated rings. The molecule has 2 N–H and O–H groups in total. The van der Waals surface area contributed by atoms with Gasteiger partial charge >= 0.3 is 0 Å². The van der Waals surface area contributed by atoms with E-state index >= 15 is 0 Å². The van der Waals surface area contributed by atoms with Crippen LogP contribution in [0.2, 0.25) is 0 Å². The predicted molar refractivity (Wildman–Crippen MR) is 118 cm³/mol. The lowest BCUT2D eigenvalue weighted by atomic mass is 10.0. The summed E-state index contributed by atoms with van der Waals surface area (Å²) in [5.74, 6) is -0.645. The molecule has 1 heterocycles. The lowest BCUT2D eigenvalue weighted by Crippen LogP contribution is -2.50. The first-order valence-electron chi connectivity index (χ1n) is 10.7. The van der Waals surface area contributed by atoms with Crippen LogP contribution in [0.4, 0.5) is 5.69 Å². The van der Waals surface area contributed by atoms with Crippen molar-refractivity contribution in [2.75, 3.05) is 11.9 Å². The molecule has 1 aliphatic carbocycles. The highest BCUT2D eigenvalue weighted by atomic mass is 32.2. The van der Waals surface area contributed by atoms with E-state index in [1.165, 1.54) is 4.31 Å². The number of para-hydroxylation sites is 1. The van der Waals surface area contributed by atoms with Gasteiger partial charge in [0.25, 0.3) is 5.91 Å². The van der Waals surface area contributed by atoms with Crippen LogP contribution in [-0.4, -0.2) is 43.2 Å². The molecule has 0 aromatic heterocycles. The zero-order valence-electron chi connectivity index (χ0n) is 17.5. The molecule has 2 aliphatic rings. The van der Waals surface area contributed by atoms with Crippen LogP contribution in [0.3, 0.4) is 0 Å². The highest BCUT2D eigenvalue weighted by molar-refractivity contribution is 7.89. The van der Waals surface area contributed by atoms with E-state index < -0.39 is 22.0 Å². The Bertz CT molecular complexity index is 1080. The molecule has 2 amide bonds. The number of hydrogen-bond acceptors (Lipinski definition) is 4. The van der Waals surface area contributed by atoms with Gasteiger partial charge in [0.2, 0.25) is 15.9 Å². The maximum Gasteiger partial charge on any atom is 0.253 e. The van der Waals surface area contributed by atoms with Crippen LogP contribution in [0, 0.1) is 6.92 Å². The van der Waals surface area contributed by atoms with Crippen LogP contribution in [0.25, 0.3) is 0 Å². The van der Waals surface area contributed by atoms with E-state index in [0.717, 1.165) is 24.8 Å². The smallest absolute Gasteiger partial charge is 0.253 e. The summed E-state index contributed by atoms with van der Waals surface area (Å²) in [5, 5.41) is 5.74. The Morgan fingerprint density at radius 1 is 0.968 bits per heavy atom. The summed E-state index contributed by atoms with van der Waals surface area (Å²) >= 11 is 0. The number of anilines is 1. The van der Waals surface area contributed by atoms with Crippen molar-refractivity contribution >= 4 is 27.5 Å². The fourth-order valence-corrected chi connectivity index (χ4v) is 5.45. The molecule has 0 radical (unpaired) electrons. The number of hydrogen-bond donors (Lipinski definition) is 2. The van der Waals surface area contributed by atoms with Gasteiger partial charge in [-0.3, -0.25) is 9.59 Å². The topological polar surface area (TPSA) is 95.6 Å². The first-order chi connectivity index (χ1) is 14.9. The zero-order chi connectivity index (χ0) is 22.0. The van der Waals surface area contributed by atoms with Crippen LogP contribution in [0.5, 0.6) is 0 Å². The Kier molecular flexibility index (Phi) is 6.11. The van der Waals surface area contributed by atoms with Crippen molar-refractivity contribution in [2.24, 2.45) is 0 Å². The molecule has 164 valence electrons. The average molecular weight is 442 g/mol. The van der Waals surface area contributed by atoms with E-state index in [2.05, 4.69) is 10.6 Å². The summed E-state index contributed by atoms with van der Waals surface area (Å²) in [7, 11) is -3.81. The second-order valence-corrected chi connectivity index (χ2v) is 10.1. The molecule has 2 aromatic rings. The summed E-state index contributed by atoms with van der Waals surface area (Å²) in [6, 6.07) is 12.8. The van der Waals surface area contributed by atoms with Crippen molar-refractivity contribution in [3.63, 3.8) is 0 Å². The molecule has 2 aromatic carbocycles. The highest BCUT2D eigenvalue weighted by Gasteiger charge is 2.38. The average Bonchev–Trinajstić information content (AvgIpc) is 3.58. The third kappa shape index (κ3) is 4.80. The lowest BCUT2D eigenvalue weighted by Gasteiger charge is -2.33. The SMILES string of the molecule is Cc1ccc(S(=O)(=O)N2CCCCC2C(=O)Nc2ccccc2C(=O)NC2CC2)cc1. The summed E-state index contributed by atoms with van der Waals surface area (Å²) < 4.78 is 27.8. The van der Waals surface area contributed by atoms with Gasteiger partial charge in [0.15, 0.2) is 0 Å². The molecule has 7 nitrogen and oxygen atoms in total. The fraction of sp³-hybridized carbons (Fsp3) is 0.391. The molecule has 4 rings (SSSR count). The molecular formula is C23H27N3O4S. The number of benzene rings is 2. The molecule has 31 heavy (non-hydrogen) atoms. The lowest BCUT2D eigenvalue weighted by molar-refractivity contribution is -0.120. The van der Waals surface area contributed by atoms with E-state index in [-0.39, 0.29) is 23.4 Å². The first-order valence-corrected chi connectivity index (χ1v) is 12.1. The molecule has 1 aliphatic heterocycles. The van der Waals surface area contributed by atoms with Crippen LogP contribution >= 0.6 is 0 Å². The Morgan fingerprint density at radius 2 is 1.68 bits per heavy atom. The van der Waals surface area contributed by atoms with Crippen LogP contribution < -0.4 is 10.6 Å². The summed E-state index contributed by atoms with van der Waals surface area (Å²) in [5.41, 5.74) is 1.74. The molecule has 0 spiro atoms. The number of piperidine rings is 1. The van der Waals surface area contributed by atoms with E-state index in [0.29, 0.717) is 24.1 Å². The van der Waals surface area contributed by atoms with E-state index in [1.807, 2.05) is 6.92 Å². The molecule has 1 atom stereocenters. The predicted octanol–water partition coefficient (Wildman–Crippen LogP) is 3.07. The highest BCUT2D eigenvalue weighted by Crippen LogP contribution is 2.27. The zero-order valence-corrected chi connectivity index (χ0v) is 18.3. The van der Waals surface area contributed by atoms with Crippen molar-refractivity contribution in [3.8, 4) is 0 Å². The summed E-state index contributed by atoms with van der Waals surface area (Å²) in [6.07, 6.45) is 3.84. The second kappa shape index (κ2) is 8.80. The van der Waals surface area contributed by atoms with Crippen molar-refractivity contribution in [2.45, 2.75) is 56.0 Å². The standard InChI is InChI=1S/C23H27N3O4S/c1-16-9-13-18(14-10-16)31(29,30)26-15-5-4-8-21(26)23(28)25-20-7-3-2-6-19(20)22(27)24-17-11-12-17/h2-3,6-7,9-10,13-14,17,21H,4-5,8,11-12,15H2,1H3,(H,24,27)(H,25,28). The molecular weight excluding hydrogens is 414 g/mol. The number of sulfonamides is 1. The van der Waals surface area contributed by atoms with Crippen LogP contribution in [0.1, 0.15) is 48.0 Å². The van der Waals surface area contributed by atoms with Crippen LogP contribution in [0.15, 0.2) is 53.4 Å². The Balaban J connectivity index is 1.56. The summed E-state index contributed by atoms with van der Waals surface area (Å²) in [6.45, 7) is 2.18. The van der Waals surface area contributed by atoms with Gasteiger partial charge in [0, 0.05) is 12.6 Å². The first kappa shape index (κ1) is 21.5. The maximum atomic E-state index is 13.3. The quantitative estimate of drug-likeness (QED) is 0.720. The largest absolute Gasteiger partial charge is 0.349 e. The number of nitrogens with zero attached hydrogens (tertiary/aromatic N) is 1. The van der Waals surface area contributed by atoms with Gasteiger partial charge in [0.05, 0.1) is 16.1 Å². The molecule has 1 saturated heterocycles. The molecule has 1 unspecified atom stereocenters. The molecule has 1 saturated carbocycles. The Morgan fingerprint density at radius 3 is 2.39 bits per heavy atom. The number of rotatable bonds is 6. The Labute approximate surface area is 182 Å². The molecule has 8 heteroatoms. The third-order valence-electron chi connectivity index (χ3n) is 5.73. The van der Waals surface area contributed by atoms with E-state index in [9.17, 15) is 18.0 Å². The Hall–Kier alpha value is -2.71. The minimum Gasteiger partial charge on any atom is -0.349 e. The second-order valence-electron chi connectivity index (χ2n) is 8.22.